The van der Waals surface area contributed by atoms with E-state index in [9.17, 15) is 0 Å². The Kier molecular flexibility index (Phi) is 2.44. The molecule has 2 aromatic carbocycles. The third-order valence-corrected chi connectivity index (χ3v) is 6.20. The number of hydrogen-bond donors (Lipinski definition) is 0. The van der Waals surface area contributed by atoms with Gasteiger partial charge in [-0.2, -0.15) is 0 Å². The molecule has 2 aromatic heterocycles. The highest BCUT2D eigenvalue weighted by Gasteiger charge is 2.12. The predicted octanol–water partition coefficient (Wildman–Crippen LogP) is 6.39. The zero-order valence-electron chi connectivity index (χ0n) is 10.9. The minimum absolute atomic E-state index is 0.598. The van der Waals surface area contributed by atoms with E-state index in [1.807, 2.05) is 22.7 Å². The van der Waals surface area contributed by atoms with E-state index in [2.05, 4.69) is 56.3 Å². The van der Waals surface area contributed by atoms with Gasteiger partial charge in [0.2, 0.25) is 0 Å². The van der Waals surface area contributed by atoms with Crippen molar-refractivity contribution in [1.82, 2.24) is 0 Å². The Bertz CT molecular complexity index is 893. The molecular formula is C17H14S2. The van der Waals surface area contributed by atoms with Crippen LogP contribution in [0.4, 0.5) is 0 Å². The van der Waals surface area contributed by atoms with Crippen molar-refractivity contribution >= 4 is 52.2 Å². The van der Waals surface area contributed by atoms with Gasteiger partial charge in [-0.15, -0.1) is 22.7 Å². The fourth-order valence-electron chi connectivity index (χ4n) is 2.58. The van der Waals surface area contributed by atoms with E-state index in [0.29, 0.717) is 5.92 Å². The summed E-state index contributed by atoms with van der Waals surface area (Å²) in [7, 11) is 0. The molecule has 0 atom stereocenters. The second-order valence-corrected chi connectivity index (χ2v) is 7.37. The summed E-state index contributed by atoms with van der Waals surface area (Å²) in [6.45, 7) is 4.51. The lowest BCUT2D eigenvalue weighted by Gasteiger charge is -2.04. The van der Waals surface area contributed by atoms with E-state index in [0.717, 1.165) is 0 Å². The van der Waals surface area contributed by atoms with E-state index < -0.39 is 0 Å². The molecule has 0 bridgehead atoms. The first-order chi connectivity index (χ1) is 9.24. The molecule has 0 radical (unpaired) electrons. The van der Waals surface area contributed by atoms with Gasteiger partial charge in [-0.3, -0.25) is 0 Å². The first kappa shape index (κ1) is 11.4. The van der Waals surface area contributed by atoms with Gasteiger partial charge in [0.15, 0.2) is 0 Å². The summed E-state index contributed by atoms with van der Waals surface area (Å²) in [5.74, 6) is 0.598. The van der Waals surface area contributed by atoms with Crippen LogP contribution in [-0.4, -0.2) is 0 Å². The van der Waals surface area contributed by atoms with Crippen molar-refractivity contribution < 1.29 is 0 Å². The van der Waals surface area contributed by atoms with Crippen molar-refractivity contribution in [3.63, 3.8) is 0 Å². The van der Waals surface area contributed by atoms with Crippen LogP contribution >= 0.6 is 22.7 Å². The molecule has 4 aromatic rings. The monoisotopic (exact) mass is 282 g/mol. The molecule has 0 fully saturated rings. The molecule has 0 unspecified atom stereocenters. The zero-order valence-corrected chi connectivity index (χ0v) is 12.6. The van der Waals surface area contributed by atoms with Gasteiger partial charge in [0.05, 0.1) is 9.40 Å². The number of thiophene rings is 2. The van der Waals surface area contributed by atoms with Gasteiger partial charge in [-0.1, -0.05) is 44.2 Å². The lowest BCUT2D eigenvalue weighted by atomic mass is 10.0. The molecule has 0 saturated carbocycles. The van der Waals surface area contributed by atoms with Crippen molar-refractivity contribution in [3.05, 3.63) is 48.0 Å². The summed E-state index contributed by atoms with van der Waals surface area (Å²) in [6.07, 6.45) is 0. The van der Waals surface area contributed by atoms with Crippen LogP contribution in [0.25, 0.3) is 29.6 Å². The molecule has 0 aliphatic rings. The number of rotatable bonds is 1. The summed E-state index contributed by atoms with van der Waals surface area (Å²) < 4.78 is 5.74. The Morgan fingerprint density at radius 1 is 0.789 bits per heavy atom. The minimum Gasteiger partial charge on any atom is -0.134 e. The van der Waals surface area contributed by atoms with Crippen LogP contribution in [0, 0.1) is 0 Å². The summed E-state index contributed by atoms with van der Waals surface area (Å²) in [5, 5.41) is 2.83. The lowest BCUT2D eigenvalue weighted by Crippen LogP contribution is -1.84. The zero-order chi connectivity index (χ0) is 13.0. The van der Waals surface area contributed by atoms with E-state index >= 15 is 0 Å². The predicted molar refractivity (Wildman–Crippen MR) is 88.8 cm³/mol. The van der Waals surface area contributed by atoms with Gasteiger partial charge in [0.1, 0.15) is 0 Å². The Balaban J connectivity index is 2.12. The van der Waals surface area contributed by atoms with Crippen molar-refractivity contribution in [3.8, 4) is 0 Å². The summed E-state index contributed by atoms with van der Waals surface area (Å²) in [5.41, 5.74) is 1.44. The van der Waals surface area contributed by atoms with E-state index in [4.69, 9.17) is 0 Å². The molecule has 94 valence electrons. The van der Waals surface area contributed by atoms with Crippen LogP contribution in [0.3, 0.4) is 0 Å². The van der Waals surface area contributed by atoms with Crippen LogP contribution < -0.4 is 0 Å². The molecule has 0 spiro atoms. The van der Waals surface area contributed by atoms with Crippen molar-refractivity contribution in [2.75, 3.05) is 0 Å². The standard InChI is InChI=1S/C17H14S2/c1-10(2)11-7-8-13-15(9-11)19-16-12-5-3-4-6-14(12)18-17(13)16/h3-10H,1-2H3. The third-order valence-electron chi connectivity index (χ3n) is 3.68. The molecule has 2 heterocycles. The largest absolute Gasteiger partial charge is 0.134 e. The SMILES string of the molecule is CC(C)c1ccc2c(c1)sc1c3ccccc3sc21. The van der Waals surface area contributed by atoms with Gasteiger partial charge in [0, 0.05) is 20.2 Å². The first-order valence-corrected chi connectivity index (χ1v) is 8.21. The molecular weight excluding hydrogens is 268 g/mol. The molecule has 0 nitrogen and oxygen atoms in total. The molecule has 19 heavy (non-hydrogen) atoms. The highest BCUT2D eigenvalue weighted by atomic mass is 32.1. The van der Waals surface area contributed by atoms with Gasteiger partial charge in [-0.05, 0) is 23.6 Å². The third kappa shape index (κ3) is 1.63. The van der Waals surface area contributed by atoms with Gasteiger partial charge >= 0.3 is 0 Å². The van der Waals surface area contributed by atoms with Crippen LogP contribution in [-0.2, 0) is 0 Å². The van der Waals surface area contributed by atoms with Crippen LogP contribution in [0.2, 0.25) is 0 Å². The molecule has 0 saturated heterocycles. The van der Waals surface area contributed by atoms with E-state index in [1.165, 1.54) is 35.1 Å². The first-order valence-electron chi connectivity index (χ1n) is 6.58. The van der Waals surface area contributed by atoms with E-state index in [1.54, 1.807) is 0 Å². The molecule has 0 aliphatic carbocycles. The number of benzene rings is 2. The summed E-state index contributed by atoms with van der Waals surface area (Å²) >= 11 is 3.86. The highest BCUT2D eigenvalue weighted by molar-refractivity contribution is 7.36. The van der Waals surface area contributed by atoms with Gasteiger partial charge in [-0.25, -0.2) is 0 Å². The smallest absolute Gasteiger partial charge is 0.0542 e. The summed E-state index contributed by atoms with van der Waals surface area (Å²) in [4.78, 5) is 0. The van der Waals surface area contributed by atoms with Crippen LogP contribution in [0.1, 0.15) is 25.3 Å². The van der Waals surface area contributed by atoms with Crippen molar-refractivity contribution in [1.29, 1.82) is 0 Å². The van der Waals surface area contributed by atoms with Crippen LogP contribution in [0.15, 0.2) is 42.5 Å². The average Bonchev–Trinajstić information content (AvgIpc) is 2.93. The van der Waals surface area contributed by atoms with Crippen molar-refractivity contribution in [2.24, 2.45) is 0 Å². The Morgan fingerprint density at radius 2 is 1.47 bits per heavy atom. The quantitative estimate of drug-likeness (QED) is 0.379. The highest BCUT2D eigenvalue weighted by Crippen LogP contribution is 2.44. The topological polar surface area (TPSA) is 0 Å². The normalized spacial score (nSPS) is 12.2. The second-order valence-electron chi connectivity index (χ2n) is 5.27. The minimum atomic E-state index is 0.598. The average molecular weight is 282 g/mol. The Labute approximate surface area is 120 Å². The van der Waals surface area contributed by atoms with Gasteiger partial charge < -0.3 is 0 Å². The van der Waals surface area contributed by atoms with Crippen molar-refractivity contribution in [2.45, 2.75) is 19.8 Å². The van der Waals surface area contributed by atoms with E-state index in [-0.39, 0.29) is 0 Å². The second kappa shape index (κ2) is 4.06. The summed E-state index contributed by atoms with van der Waals surface area (Å²) in [6, 6.07) is 15.7. The molecule has 0 N–H and O–H groups in total. The molecule has 4 rings (SSSR count). The Morgan fingerprint density at radius 3 is 2.26 bits per heavy atom. The van der Waals surface area contributed by atoms with Crippen LogP contribution in [0.5, 0.6) is 0 Å². The molecule has 2 heteroatoms. The molecule has 0 amide bonds. The maximum absolute atomic E-state index is 2.37. The number of fused-ring (bicyclic) bond motifs is 5. The number of hydrogen-bond acceptors (Lipinski definition) is 2. The fourth-order valence-corrected chi connectivity index (χ4v) is 5.28. The Hall–Kier alpha value is -1.38. The fraction of sp³-hybridized carbons (Fsp3) is 0.176. The lowest BCUT2D eigenvalue weighted by molar-refractivity contribution is 0.869. The van der Waals surface area contributed by atoms with Gasteiger partial charge in [0.25, 0.3) is 0 Å². The molecule has 0 aliphatic heterocycles. The maximum atomic E-state index is 2.37. The maximum Gasteiger partial charge on any atom is 0.0542 e.